The number of halogens is 4. The molecule has 1 unspecified atom stereocenters. The lowest BCUT2D eigenvalue weighted by molar-refractivity contribution is -0.153. The highest BCUT2D eigenvalue weighted by Gasteiger charge is 2.43. The number of benzene rings is 2. The van der Waals surface area contributed by atoms with Crippen LogP contribution in [-0.2, 0) is 27.8 Å². The van der Waals surface area contributed by atoms with E-state index >= 15 is 0 Å². The van der Waals surface area contributed by atoms with Gasteiger partial charge in [-0.15, -0.1) is 0 Å². The van der Waals surface area contributed by atoms with Crippen molar-refractivity contribution < 1.29 is 30.7 Å². The van der Waals surface area contributed by atoms with Crippen molar-refractivity contribution in [3.8, 4) is 0 Å². The number of sulfonamides is 1. The largest absolute Gasteiger partial charge is 0.408 e. The van der Waals surface area contributed by atoms with Crippen LogP contribution in [0.3, 0.4) is 0 Å². The zero-order valence-electron chi connectivity index (χ0n) is 13.4. The first-order valence-corrected chi connectivity index (χ1v) is 9.19. The second kappa shape index (κ2) is 6.98. The van der Waals surface area contributed by atoms with E-state index in [9.17, 15) is 26.0 Å². The van der Waals surface area contributed by atoms with Crippen LogP contribution < -0.4 is 4.72 Å². The highest BCUT2D eigenvalue weighted by molar-refractivity contribution is 7.89. The lowest BCUT2D eigenvalue weighted by atomic mass is 10.0. The molecule has 2 aromatic carbocycles. The van der Waals surface area contributed by atoms with Crippen LogP contribution in [0.25, 0.3) is 0 Å². The molecular formula is C17H15F4NO3S. The van der Waals surface area contributed by atoms with Gasteiger partial charge in [0.1, 0.15) is 11.9 Å². The molecule has 3 rings (SSSR count). The fourth-order valence-corrected chi connectivity index (χ4v) is 3.97. The van der Waals surface area contributed by atoms with E-state index in [1.54, 1.807) is 10.8 Å². The number of alkyl halides is 3. The summed E-state index contributed by atoms with van der Waals surface area (Å²) in [4.78, 5) is -0.280. The van der Waals surface area contributed by atoms with Crippen molar-refractivity contribution in [2.24, 2.45) is 0 Å². The van der Waals surface area contributed by atoms with E-state index in [4.69, 9.17) is 4.74 Å². The van der Waals surface area contributed by atoms with Gasteiger partial charge in [-0.2, -0.15) is 17.9 Å². The van der Waals surface area contributed by atoms with Crippen LogP contribution in [0.5, 0.6) is 0 Å². The molecule has 0 amide bonds. The van der Waals surface area contributed by atoms with Crippen LogP contribution in [0, 0.1) is 5.82 Å². The van der Waals surface area contributed by atoms with Gasteiger partial charge in [-0.05, 0) is 47.4 Å². The van der Waals surface area contributed by atoms with Crippen molar-refractivity contribution in [1.82, 2.24) is 4.72 Å². The molecule has 0 radical (unpaired) electrons. The Morgan fingerprint density at radius 2 is 1.73 bits per heavy atom. The van der Waals surface area contributed by atoms with Gasteiger partial charge < -0.3 is 4.74 Å². The lowest BCUT2D eigenvalue weighted by Gasteiger charge is -2.23. The van der Waals surface area contributed by atoms with Gasteiger partial charge >= 0.3 is 6.18 Å². The Morgan fingerprint density at radius 1 is 1.04 bits per heavy atom. The zero-order chi connectivity index (χ0) is 18.9. The topological polar surface area (TPSA) is 55.4 Å². The van der Waals surface area contributed by atoms with Crippen LogP contribution in [-0.4, -0.2) is 21.2 Å². The van der Waals surface area contributed by atoms with Crippen LogP contribution in [0.1, 0.15) is 22.7 Å². The van der Waals surface area contributed by atoms with Crippen molar-refractivity contribution in [1.29, 1.82) is 0 Å². The highest BCUT2D eigenvalue weighted by Crippen LogP contribution is 2.34. The number of fused-ring (bicyclic) bond motifs is 1. The standard InChI is InChI=1S/C17H15F4NO3S/c18-14-4-1-12(2-5-14)16(17(19,20)21)22-26(23,24)15-6-3-11-7-8-25-10-13(11)9-15/h1-6,9,16,22H,7-8,10H2. The number of ether oxygens (including phenoxy) is 1. The molecule has 140 valence electrons. The molecular weight excluding hydrogens is 374 g/mol. The second-order valence-electron chi connectivity index (χ2n) is 5.88. The van der Waals surface area contributed by atoms with Crippen molar-refractivity contribution >= 4 is 10.0 Å². The number of hydrogen-bond donors (Lipinski definition) is 1. The average molecular weight is 389 g/mol. The Balaban J connectivity index is 1.93. The molecule has 0 saturated carbocycles. The molecule has 1 aliphatic heterocycles. The summed E-state index contributed by atoms with van der Waals surface area (Å²) in [6, 6.07) is 5.16. The van der Waals surface area contributed by atoms with E-state index in [2.05, 4.69) is 0 Å². The third-order valence-corrected chi connectivity index (χ3v) is 5.49. The summed E-state index contributed by atoms with van der Waals surface area (Å²) < 4.78 is 85.0. The summed E-state index contributed by atoms with van der Waals surface area (Å²) in [5.41, 5.74) is 1.13. The van der Waals surface area contributed by atoms with Gasteiger partial charge in [-0.25, -0.2) is 12.8 Å². The van der Waals surface area contributed by atoms with Crippen molar-refractivity contribution in [2.45, 2.75) is 30.1 Å². The molecule has 1 atom stereocenters. The number of hydrogen-bond acceptors (Lipinski definition) is 3. The van der Waals surface area contributed by atoms with E-state index < -0.39 is 33.6 Å². The first-order chi connectivity index (χ1) is 12.2. The number of rotatable bonds is 4. The summed E-state index contributed by atoms with van der Waals surface area (Å²) in [6.07, 6.45) is -4.27. The average Bonchev–Trinajstić information content (AvgIpc) is 2.59. The Kier molecular flexibility index (Phi) is 5.05. The number of nitrogens with one attached hydrogen (secondary N) is 1. The van der Waals surface area contributed by atoms with E-state index in [0.717, 1.165) is 29.8 Å². The Morgan fingerprint density at radius 3 is 2.38 bits per heavy atom. The molecule has 2 aromatic rings. The second-order valence-corrected chi connectivity index (χ2v) is 7.59. The van der Waals surface area contributed by atoms with Crippen LogP contribution in [0.15, 0.2) is 47.4 Å². The molecule has 0 bridgehead atoms. The molecule has 1 aliphatic rings. The minimum Gasteiger partial charge on any atom is -0.376 e. The van der Waals surface area contributed by atoms with E-state index in [0.29, 0.717) is 18.6 Å². The Labute approximate surface area is 147 Å². The molecule has 0 saturated heterocycles. The molecule has 0 spiro atoms. The summed E-state index contributed by atoms with van der Waals surface area (Å²) in [5.74, 6) is -0.716. The third kappa shape index (κ3) is 4.05. The third-order valence-electron chi connectivity index (χ3n) is 4.07. The molecule has 0 fully saturated rings. The molecule has 0 aromatic heterocycles. The SMILES string of the molecule is O=S(=O)(NC(c1ccc(F)cc1)C(F)(F)F)c1ccc2c(c1)COCC2. The summed E-state index contributed by atoms with van der Waals surface area (Å²) in [5, 5.41) is 0. The van der Waals surface area contributed by atoms with E-state index in [1.165, 1.54) is 12.1 Å². The van der Waals surface area contributed by atoms with Gasteiger partial charge in [0.2, 0.25) is 10.0 Å². The quantitative estimate of drug-likeness (QED) is 0.815. The minimum absolute atomic E-state index is 0.208. The molecule has 0 aliphatic carbocycles. The normalized spacial score (nSPS) is 16.2. The maximum absolute atomic E-state index is 13.4. The van der Waals surface area contributed by atoms with Gasteiger partial charge in [0.05, 0.1) is 18.1 Å². The first kappa shape index (κ1) is 18.8. The monoisotopic (exact) mass is 389 g/mol. The van der Waals surface area contributed by atoms with Crippen molar-refractivity contribution in [3.63, 3.8) is 0 Å². The molecule has 9 heteroatoms. The fraction of sp³-hybridized carbons (Fsp3) is 0.294. The first-order valence-electron chi connectivity index (χ1n) is 7.71. The molecule has 26 heavy (non-hydrogen) atoms. The molecule has 1 heterocycles. The van der Waals surface area contributed by atoms with Gasteiger partial charge in [-0.1, -0.05) is 18.2 Å². The Hall–Kier alpha value is -1.97. The zero-order valence-corrected chi connectivity index (χ0v) is 14.2. The summed E-state index contributed by atoms with van der Waals surface area (Å²) in [6.45, 7) is 0.720. The van der Waals surface area contributed by atoms with Crippen molar-refractivity contribution in [3.05, 3.63) is 65.0 Å². The minimum atomic E-state index is -4.89. The van der Waals surface area contributed by atoms with Gasteiger partial charge in [-0.3, -0.25) is 0 Å². The molecule has 4 nitrogen and oxygen atoms in total. The van der Waals surface area contributed by atoms with Gasteiger partial charge in [0.25, 0.3) is 0 Å². The molecule has 1 N–H and O–H groups in total. The lowest BCUT2D eigenvalue weighted by Crippen LogP contribution is -2.38. The van der Waals surface area contributed by atoms with E-state index in [-0.39, 0.29) is 11.5 Å². The highest BCUT2D eigenvalue weighted by atomic mass is 32.2. The van der Waals surface area contributed by atoms with Crippen LogP contribution in [0.2, 0.25) is 0 Å². The predicted octanol–water partition coefficient (Wildman–Crippen LogP) is 3.48. The van der Waals surface area contributed by atoms with Crippen LogP contribution >= 0.6 is 0 Å². The van der Waals surface area contributed by atoms with Crippen molar-refractivity contribution in [2.75, 3.05) is 6.61 Å². The van der Waals surface area contributed by atoms with Crippen LogP contribution in [0.4, 0.5) is 17.6 Å². The predicted molar refractivity (Wildman–Crippen MR) is 85.3 cm³/mol. The summed E-state index contributed by atoms with van der Waals surface area (Å²) >= 11 is 0. The van der Waals surface area contributed by atoms with Gasteiger partial charge in [0.15, 0.2) is 0 Å². The summed E-state index contributed by atoms with van der Waals surface area (Å²) in [7, 11) is -4.45. The Bertz CT molecular complexity index is 895. The fourth-order valence-electron chi connectivity index (χ4n) is 2.71. The van der Waals surface area contributed by atoms with E-state index in [1.807, 2.05) is 0 Å². The smallest absolute Gasteiger partial charge is 0.376 e. The maximum atomic E-state index is 13.4. The maximum Gasteiger partial charge on any atom is 0.408 e. The van der Waals surface area contributed by atoms with Gasteiger partial charge in [0, 0.05) is 0 Å².